The molecule has 2 aromatic carbocycles. The Morgan fingerprint density at radius 3 is 2.35 bits per heavy atom. The van der Waals surface area contributed by atoms with E-state index in [1.54, 1.807) is 0 Å². The van der Waals surface area contributed by atoms with Crippen LogP contribution in [0.15, 0.2) is 53.0 Å². The van der Waals surface area contributed by atoms with Crippen molar-refractivity contribution >= 4 is 15.9 Å². The molecule has 17 heavy (non-hydrogen) atoms. The smallest absolute Gasteiger partial charge is 0.0220 e. The lowest BCUT2D eigenvalue weighted by molar-refractivity contribution is 0.691. The lowest BCUT2D eigenvalue weighted by atomic mass is 10.1. The highest BCUT2D eigenvalue weighted by atomic mass is 79.9. The van der Waals surface area contributed by atoms with Gasteiger partial charge < -0.3 is 5.32 Å². The maximum atomic E-state index is 3.55. The van der Waals surface area contributed by atoms with Crippen molar-refractivity contribution in [1.29, 1.82) is 0 Å². The predicted molar refractivity (Wildman–Crippen MR) is 75.9 cm³/mol. The van der Waals surface area contributed by atoms with Crippen LogP contribution in [0.4, 0.5) is 0 Å². The number of rotatable bonds is 4. The Morgan fingerprint density at radius 1 is 0.941 bits per heavy atom. The molecule has 88 valence electrons. The average molecular weight is 290 g/mol. The summed E-state index contributed by atoms with van der Waals surface area (Å²) in [6.07, 6.45) is 0. The molecule has 0 atom stereocenters. The van der Waals surface area contributed by atoms with E-state index in [4.69, 9.17) is 0 Å². The normalized spacial score (nSPS) is 10.5. The highest BCUT2D eigenvalue weighted by Crippen LogP contribution is 2.15. The molecule has 2 rings (SSSR count). The first kappa shape index (κ1) is 12.3. The summed E-state index contributed by atoms with van der Waals surface area (Å²) < 4.78 is 1.16. The summed E-state index contributed by atoms with van der Waals surface area (Å²) in [7, 11) is 0. The fourth-order valence-corrected chi connectivity index (χ4v) is 2.11. The summed E-state index contributed by atoms with van der Waals surface area (Å²) in [6, 6.07) is 16.9. The molecule has 0 aliphatic carbocycles. The minimum absolute atomic E-state index is 0.884. The van der Waals surface area contributed by atoms with Crippen LogP contribution in [0.2, 0.25) is 0 Å². The standard InChI is InChI=1S/C15H16BrN/c1-12-6-8-13(9-7-12)10-17-11-14-4-2-3-5-15(14)16/h2-9,17H,10-11H2,1H3. The zero-order valence-corrected chi connectivity index (χ0v) is 11.5. The molecule has 2 aromatic rings. The van der Waals surface area contributed by atoms with Crippen molar-refractivity contribution in [3.8, 4) is 0 Å². The molecule has 0 spiro atoms. The lowest BCUT2D eigenvalue weighted by Gasteiger charge is -2.07. The van der Waals surface area contributed by atoms with Crippen molar-refractivity contribution < 1.29 is 0 Å². The van der Waals surface area contributed by atoms with Gasteiger partial charge in [0.05, 0.1) is 0 Å². The number of hydrogen-bond acceptors (Lipinski definition) is 1. The zero-order chi connectivity index (χ0) is 12.1. The van der Waals surface area contributed by atoms with Crippen LogP contribution in [-0.4, -0.2) is 0 Å². The van der Waals surface area contributed by atoms with Gasteiger partial charge in [-0.1, -0.05) is 64.0 Å². The highest BCUT2D eigenvalue weighted by molar-refractivity contribution is 9.10. The number of nitrogens with one attached hydrogen (secondary N) is 1. The van der Waals surface area contributed by atoms with Crippen molar-refractivity contribution in [3.63, 3.8) is 0 Å². The number of aryl methyl sites for hydroxylation is 1. The molecule has 0 bridgehead atoms. The largest absolute Gasteiger partial charge is 0.309 e. The molecule has 0 aliphatic rings. The van der Waals surface area contributed by atoms with Crippen LogP contribution in [0.3, 0.4) is 0 Å². The summed E-state index contributed by atoms with van der Waals surface area (Å²) in [6.45, 7) is 3.90. The zero-order valence-electron chi connectivity index (χ0n) is 9.91. The first-order valence-corrected chi connectivity index (χ1v) is 6.54. The first-order valence-electron chi connectivity index (χ1n) is 5.75. The first-order chi connectivity index (χ1) is 8.25. The van der Waals surface area contributed by atoms with Crippen molar-refractivity contribution in [3.05, 3.63) is 69.7 Å². The molecule has 0 aliphatic heterocycles. The Balaban J connectivity index is 1.88. The molecule has 0 aromatic heterocycles. The van der Waals surface area contributed by atoms with Crippen LogP contribution in [0.25, 0.3) is 0 Å². The van der Waals surface area contributed by atoms with Crippen LogP contribution in [-0.2, 0) is 13.1 Å². The molecular weight excluding hydrogens is 274 g/mol. The Bertz CT molecular complexity index is 477. The van der Waals surface area contributed by atoms with E-state index in [1.807, 2.05) is 6.07 Å². The number of halogens is 1. The van der Waals surface area contributed by atoms with E-state index in [9.17, 15) is 0 Å². The van der Waals surface area contributed by atoms with Gasteiger partial charge in [-0.25, -0.2) is 0 Å². The van der Waals surface area contributed by atoms with Crippen molar-refractivity contribution in [2.24, 2.45) is 0 Å². The van der Waals surface area contributed by atoms with E-state index in [0.29, 0.717) is 0 Å². The van der Waals surface area contributed by atoms with E-state index < -0.39 is 0 Å². The van der Waals surface area contributed by atoms with Crippen molar-refractivity contribution in [2.45, 2.75) is 20.0 Å². The van der Waals surface area contributed by atoms with E-state index in [0.717, 1.165) is 17.6 Å². The van der Waals surface area contributed by atoms with E-state index in [2.05, 4.69) is 70.6 Å². The molecule has 1 nitrogen and oxygen atoms in total. The van der Waals surface area contributed by atoms with Crippen molar-refractivity contribution in [1.82, 2.24) is 5.32 Å². The predicted octanol–water partition coefficient (Wildman–Crippen LogP) is 4.05. The maximum Gasteiger partial charge on any atom is 0.0220 e. The molecule has 0 fully saturated rings. The topological polar surface area (TPSA) is 12.0 Å². The van der Waals surface area contributed by atoms with Gasteiger partial charge in [-0.15, -0.1) is 0 Å². The lowest BCUT2D eigenvalue weighted by Crippen LogP contribution is -2.12. The molecular formula is C15H16BrN. The molecule has 0 radical (unpaired) electrons. The van der Waals surface area contributed by atoms with E-state index >= 15 is 0 Å². The van der Waals surface area contributed by atoms with Gasteiger partial charge in [0.15, 0.2) is 0 Å². The Kier molecular flexibility index (Phi) is 4.35. The van der Waals surface area contributed by atoms with Gasteiger partial charge in [0.1, 0.15) is 0 Å². The second-order valence-corrected chi connectivity index (χ2v) is 5.03. The second-order valence-electron chi connectivity index (χ2n) is 4.18. The van der Waals surface area contributed by atoms with Crippen LogP contribution in [0, 0.1) is 6.92 Å². The summed E-state index contributed by atoms with van der Waals surface area (Å²) in [5, 5.41) is 3.45. The summed E-state index contributed by atoms with van der Waals surface area (Å²) in [5.74, 6) is 0. The van der Waals surface area contributed by atoms with Gasteiger partial charge in [0.2, 0.25) is 0 Å². The molecule has 2 heteroatoms. The van der Waals surface area contributed by atoms with Gasteiger partial charge in [-0.05, 0) is 24.1 Å². The third kappa shape index (κ3) is 3.69. The summed E-state index contributed by atoms with van der Waals surface area (Å²) in [5.41, 5.74) is 3.92. The third-order valence-electron chi connectivity index (χ3n) is 2.72. The van der Waals surface area contributed by atoms with Crippen LogP contribution in [0.5, 0.6) is 0 Å². The molecule has 0 unspecified atom stereocenters. The third-order valence-corrected chi connectivity index (χ3v) is 3.50. The minimum Gasteiger partial charge on any atom is -0.309 e. The maximum absolute atomic E-state index is 3.55. The van der Waals surface area contributed by atoms with Crippen LogP contribution < -0.4 is 5.32 Å². The molecule has 0 heterocycles. The molecule has 0 saturated heterocycles. The monoisotopic (exact) mass is 289 g/mol. The van der Waals surface area contributed by atoms with E-state index in [-0.39, 0.29) is 0 Å². The van der Waals surface area contributed by atoms with Gasteiger partial charge in [0.25, 0.3) is 0 Å². The Labute approximate surface area is 111 Å². The summed E-state index contributed by atoms with van der Waals surface area (Å²) >= 11 is 3.55. The van der Waals surface area contributed by atoms with Crippen LogP contribution >= 0.6 is 15.9 Å². The molecule has 0 amide bonds. The average Bonchev–Trinajstić information content (AvgIpc) is 2.34. The van der Waals surface area contributed by atoms with Gasteiger partial charge >= 0.3 is 0 Å². The quantitative estimate of drug-likeness (QED) is 0.896. The highest BCUT2D eigenvalue weighted by Gasteiger charge is 1.98. The minimum atomic E-state index is 0.884. The second kappa shape index (κ2) is 5.99. The number of hydrogen-bond donors (Lipinski definition) is 1. The van der Waals surface area contributed by atoms with Gasteiger partial charge in [0, 0.05) is 17.6 Å². The van der Waals surface area contributed by atoms with Gasteiger partial charge in [-0.3, -0.25) is 0 Å². The van der Waals surface area contributed by atoms with Gasteiger partial charge in [-0.2, -0.15) is 0 Å². The van der Waals surface area contributed by atoms with Crippen LogP contribution in [0.1, 0.15) is 16.7 Å². The Hall–Kier alpha value is -1.12. The molecule has 0 saturated carbocycles. The SMILES string of the molecule is Cc1ccc(CNCc2ccccc2Br)cc1. The fraction of sp³-hybridized carbons (Fsp3) is 0.200. The summed E-state index contributed by atoms with van der Waals surface area (Å²) in [4.78, 5) is 0. The van der Waals surface area contributed by atoms with E-state index in [1.165, 1.54) is 16.7 Å². The fourth-order valence-electron chi connectivity index (χ4n) is 1.69. The molecule has 1 N–H and O–H groups in total. The number of benzene rings is 2. The Morgan fingerprint density at radius 2 is 1.65 bits per heavy atom. The van der Waals surface area contributed by atoms with Crippen molar-refractivity contribution in [2.75, 3.05) is 0 Å².